The Morgan fingerprint density at radius 1 is 0.955 bits per heavy atom. The molecule has 2 rings (SSSR count). The lowest BCUT2D eigenvalue weighted by Gasteiger charge is -2.22. The van der Waals surface area contributed by atoms with Gasteiger partial charge in [-0.25, -0.2) is 0 Å². The van der Waals surface area contributed by atoms with Crippen molar-refractivity contribution >= 4 is 11.8 Å². The molecule has 2 aliphatic rings. The zero-order valence-corrected chi connectivity index (χ0v) is 14.0. The lowest BCUT2D eigenvalue weighted by molar-refractivity contribution is -0.128. The van der Waals surface area contributed by atoms with Gasteiger partial charge in [0.25, 0.3) is 0 Å². The summed E-state index contributed by atoms with van der Waals surface area (Å²) in [4.78, 5) is 27.8. The summed E-state index contributed by atoms with van der Waals surface area (Å²) >= 11 is 0. The number of hydrogen-bond acceptors (Lipinski definition) is 3. The van der Waals surface area contributed by atoms with Crippen molar-refractivity contribution in [2.24, 2.45) is 0 Å². The molecule has 0 bridgehead atoms. The molecule has 126 valence electrons. The summed E-state index contributed by atoms with van der Waals surface area (Å²) in [5.74, 6) is 0.354. The quantitative estimate of drug-likeness (QED) is 0.805. The fourth-order valence-electron chi connectivity index (χ4n) is 3.49. The van der Waals surface area contributed by atoms with Crippen LogP contribution in [0.4, 0.5) is 0 Å². The molecule has 5 heteroatoms. The Kier molecular flexibility index (Phi) is 7.16. The molecule has 1 saturated heterocycles. The Hall–Kier alpha value is -1.10. The molecule has 2 fully saturated rings. The van der Waals surface area contributed by atoms with Gasteiger partial charge in [0.15, 0.2) is 0 Å². The summed E-state index contributed by atoms with van der Waals surface area (Å²) in [5, 5.41) is 3.21. The van der Waals surface area contributed by atoms with Crippen molar-refractivity contribution in [1.82, 2.24) is 15.1 Å². The third-order valence-corrected chi connectivity index (χ3v) is 4.91. The number of rotatable bonds is 4. The molecule has 1 aliphatic heterocycles. The first-order chi connectivity index (χ1) is 10.6. The largest absolute Gasteiger partial charge is 0.353 e. The van der Waals surface area contributed by atoms with Gasteiger partial charge in [-0.2, -0.15) is 0 Å². The van der Waals surface area contributed by atoms with Crippen LogP contribution in [-0.2, 0) is 9.59 Å². The molecule has 1 saturated carbocycles. The van der Waals surface area contributed by atoms with Crippen molar-refractivity contribution in [3.8, 4) is 0 Å². The number of hydrogen-bond donors (Lipinski definition) is 1. The van der Waals surface area contributed by atoms with Crippen molar-refractivity contribution in [2.75, 3.05) is 32.7 Å². The molecular weight excluding hydrogens is 278 g/mol. The maximum Gasteiger partial charge on any atom is 0.221 e. The minimum atomic E-state index is 0.160. The van der Waals surface area contributed by atoms with E-state index in [0.717, 1.165) is 52.0 Å². The molecule has 0 spiro atoms. The predicted octanol–water partition coefficient (Wildman–Crippen LogP) is 1.77. The van der Waals surface area contributed by atoms with E-state index < -0.39 is 0 Å². The Balaban J connectivity index is 1.66. The molecule has 0 aromatic heterocycles. The van der Waals surface area contributed by atoms with Crippen LogP contribution in [0.15, 0.2) is 0 Å². The summed E-state index contributed by atoms with van der Waals surface area (Å²) in [6, 6.07) is 0.396. The van der Waals surface area contributed by atoms with E-state index in [9.17, 15) is 9.59 Å². The van der Waals surface area contributed by atoms with E-state index in [1.807, 2.05) is 4.90 Å². The molecular formula is C17H31N3O2. The lowest BCUT2D eigenvalue weighted by Crippen LogP contribution is -2.38. The number of carbonyl (C=O) groups is 2. The molecule has 22 heavy (non-hydrogen) atoms. The van der Waals surface area contributed by atoms with Crippen LogP contribution in [-0.4, -0.2) is 60.4 Å². The van der Waals surface area contributed by atoms with Gasteiger partial charge < -0.3 is 15.1 Å². The molecule has 0 aromatic carbocycles. The van der Waals surface area contributed by atoms with Gasteiger partial charge in [0.2, 0.25) is 11.8 Å². The van der Waals surface area contributed by atoms with Crippen LogP contribution in [0, 0.1) is 0 Å². The fraction of sp³-hybridized carbons (Fsp3) is 0.882. The first-order valence-electron chi connectivity index (χ1n) is 8.92. The summed E-state index contributed by atoms with van der Waals surface area (Å²) in [6.07, 6.45) is 8.99. The average Bonchev–Trinajstić information content (AvgIpc) is 2.87. The van der Waals surface area contributed by atoms with Gasteiger partial charge in [-0.05, 0) is 25.8 Å². The highest BCUT2D eigenvalue weighted by Gasteiger charge is 2.18. The topological polar surface area (TPSA) is 52.7 Å². The van der Waals surface area contributed by atoms with Gasteiger partial charge in [-0.3, -0.25) is 9.59 Å². The minimum Gasteiger partial charge on any atom is -0.353 e. The van der Waals surface area contributed by atoms with Crippen LogP contribution < -0.4 is 5.32 Å². The summed E-state index contributed by atoms with van der Waals surface area (Å²) in [7, 11) is 0. The van der Waals surface area contributed by atoms with Crippen molar-refractivity contribution in [3.63, 3.8) is 0 Å². The maximum absolute atomic E-state index is 12.1. The molecule has 0 aromatic rings. The predicted molar refractivity (Wildman–Crippen MR) is 87.6 cm³/mol. The second kappa shape index (κ2) is 9.13. The molecule has 0 radical (unpaired) electrons. The van der Waals surface area contributed by atoms with Crippen molar-refractivity contribution in [2.45, 2.75) is 64.3 Å². The van der Waals surface area contributed by atoms with Gasteiger partial charge in [-0.15, -0.1) is 0 Å². The zero-order chi connectivity index (χ0) is 15.8. The number of carbonyl (C=O) groups excluding carboxylic acids is 2. The summed E-state index contributed by atoms with van der Waals surface area (Å²) < 4.78 is 0. The molecule has 2 amide bonds. The highest BCUT2D eigenvalue weighted by Crippen LogP contribution is 2.17. The van der Waals surface area contributed by atoms with E-state index in [0.29, 0.717) is 12.5 Å². The first kappa shape index (κ1) is 17.3. The minimum absolute atomic E-state index is 0.160. The van der Waals surface area contributed by atoms with Crippen LogP contribution in [0.25, 0.3) is 0 Å². The molecule has 1 heterocycles. The van der Waals surface area contributed by atoms with Crippen LogP contribution >= 0.6 is 0 Å². The van der Waals surface area contributed by atoms with E-state index >= 15 is 0 Å². The first-order valence-corrected chi connectivity index (χ1v) is 8.92. The van der Waals surface area contributed by atoms with Crippen LogP contribution in [0.1, 0.15) is 58.3 Å². The standard InChI is InChI=1S/C17H31N3O2/c1-15(21)20-11-6-10-19(13-14-20)12-9-17(22)18-16-7-4-2-3-5-8-16/h16H,2-14H2,1H3,(H,18,22). The van der Waals surface area contributed by atoms with E-state index in [-0.39, 0.29) is 11.8 Å². The molecule has 0 atom stereocenters. The Morgan fingerprint density at radius 3 is 2.36 bits per heavy atom. The van der Waals surface area contributed by atoms with Gasteiger partial charge in [0.05, 0.1) is 0 Å². The fourth-order valence-corrected chi connectivity index (χ4v) is 3.49. The molecule has 1 N–H and O–H groups in total. The van der Waals surface area contributed by atoms with Crippen molar-refractivity contribution < 1.29 is 9.59 Å². The lowest BCUT2D eigenvalue weighted by atomic mass is 10.1. The number of amides is 2. The third-order valence-electron chi connectivity index (χ3n) is 4.91. The highest BCUT2D eigenvalue weighted by molar-refractivity contribution is 5.76. The van der Waals surface area contributed by atoms with Crippen LogP contribution in [0.3, 0.4) is 0 Å². The van der Waals surface area contributed by atoms with Gasteiger partial charge in [0.1, 0.15) is 0 Å². The second-order valence-electron chi connectivity index (χ2n) is 6.71. The highest BCUT2D eigenvalue weighted by atomic mass is 16.2. The number of nitrogens with one attached hydrogen (secondary N) is 1. The van der Waals surface area contributed by atoms with Crippen LogP contribution in [0.5, 0.6) is 0 Å². The Bertz CT molecular complexity index is 365. The Labute approximate surface area is 134 Å². The summed E-state index contributed by atoms with van der Waals surface area (Å²) in [5.41, 5.74) is 0. The zero-order valence-electron chi connectivity index (χ0n) is 14.0. The second-order valence-corrected chi connectivity index (χ2v) is 6.71. The average molecular weight is 309 g/mol. The third kappa shape index (κ3) is 5.95. The number of nitrogens with zero attached hydrogens (tertiary/aromatic N) is 2. The van der Waals surface area contributed by atoms with Gasteiger partial charge >= 0.3 is 0 Å². The monoisotopic (exact) mass is 309 g/mol. The Morgan fingerprint density at radius 2 is 1.68 bits per heavy atom. The normalized spacial score (nSPS) is 22.0. The van der Waals surface area contributed by atoms with Crippen molar-refractivity contribution in [1.29, 1.82) is 0 Å². The SMILES string of the molecule is CC(=O)N1CCCN(CCC(=O)NC2CCCCCC2)CC1. The maximum atomic E-state index is 12.1. The van der Waals surface area contributed by atoms with E-state index in [1.165, 1.54) is 25.7 Å². The summed E-state index contributed by atoms with van der Waals surface area (Å²) in [6.45, 7) is 5.95. The van der Waals surface area contributed by atoms with E-state index in [4.69, 9.17) is 0 Å². The van der Waals surface area contributed by atoms with Crippen molar-refractivity contribution in [3.05, 3.63) is 0 Å². The molecule has 1 aliphatic carbocycles. The van der Waals surface area contributed by atoms with Gasteiger partial charge in [0, 0.05) is 45.6 Å². The van der Waals surface area contributed by atoms with E-state index in [2.05, 4.69) is 10.2 Å². The van der Waals surface area contributed by atoms with Crippen LogP contribution in [0.2, 0.25) is 0 Å². The van der Waals surface area contributed by atoms with Gasteiger partial charge in [-0.1, -0.05) is 25.7 Å². The molecule has 5 nitrogen and oxygen atoms in total. The smallest absolute Gasteiger partial charge is 0.221 e. The van der Waals surface area contributed by atoms with E-state index in [1.54, 1.807) is 6.92 Å². The molecule has 0 unspecified atom stereocenters.